The van der Waals surface area contributed by atoms with Crippen LogP contribution in [0.15, 0.2) is 16.7 Å². The van der Waals surface area contributed by atoms with Gasteiger partial charge in [-0.2, -0.15) is 0 Å². The van der Waals surface area contributed by atoms with Crippen LogP contribution in [0.2, 0.25) is 0 Å². The summed E-state index contributed by atoms with van der Waals surface area (Å²) in [6.07, 6.45) is 3.09. The minimum atomic E-state index is -0.361. The van der Waals surface area contributed by atoms with Crippen molar-refractivity contribution < 1.29 is 14.3 Å². The monoisotopic (exact) mass is 328 g/mol. The predicted octanol–water partition coefficient (Wildman–Crippen LogP) is 2.27. The number of carbonyl (C=O) groups is 2. The van der Waals surface area contributed by atoms with E-state index in [1.807, 2.05) is 24.6 Å². The number of ether oxygens (including phenoxy) is 1. The molecule has 1 aromatic rings. The smallest absolute Gasteiger partial charge is 0.355 e. The fourth-order valence-corrected chi connectivity index (χ4v) is 2.53. The van der Waals surface area contributed by atoms with Gasteiger partial charge in [0.15, 0.2) is 0 Å². The molecule has 0 radical (unpaired) electrons. The molecule has 5 nitrogen and oxygen atoms in total. The fourth-order valence-electron chi connectivity index (χ4n) is 2.09. The average Bonchev–Trinajstić information content (AvgIpc) is 2.92. The largest absolute Gasteiger partial charge is 0.459 e. The Morgan fingerprint density at radius 1 is 1.63 bits per heavy atom. The summed E-state index contributed by atoms with van der Waals surface area (Å²) in [5, 5.41) is 2.77. The summed E-state index contributed by atoms with van der Waals surface area (Å²) in [5.41, 5.74) is 0.520. The molecule has 19 heavy (non-hydrogen) atoms. The first-order valence-electron chi connectivity index (χ1n) is 6.31. The summed E-state index contributed by atoms with van der Waals surface area (Å²) in [7, 11) is 0. The van der Waals surface area contributed by atoms with E-state index in [1.54, 1.807) is 6.07 Å². The number of esters is 1. The minimum absolute atomic E-state index is 0.0225. The number of amides is 1. The van der Waals surface area contributed by atoms with Gasteiger partial charge in [-0.15, -0.1) is 0 Å². The second-order valence-corrected chi connectivity index (χ2v) is 5.86. The van der Waals surface area contributed by atoms with Gasteiger partial charge in [-0.25, -0.2) is 4.79 Å². The third-order valence-corrected chi connectivity index (χ3v) is 3.51. The summed E-state index contributed by atoms with van der Waals surface area (Å²) < 4.78 is 7.98. The Kier molecular flexibility index (Phi) is 4.29. The van der Waals surface area contributed by atoms with Crippen LogP contribution in [-0.4, -0.2) is 29.1 Å². The van der Waals surface area contributed by atoms with Crippen LogP contribution in [0, 0.1) is 0 Å². The molecule has 1 saturated heterocycles. The first-order chi connectivity index (χ1) is 8.97. The van der Waals surface area contributed by atoms with Gasteiger partial charge in [0.2, 0.25) is 5.91 Å². The molecule has 2 rings (SSSR count). The fraction of sp³-hybridized carbons (Fsp3) is 0.538. The summed E-state index contributed by atoms with van der Waals surface area (Å²) in [6.45, 7) is 4.23. The zero-order valence-corrected chi connectivity index (χ0v) is 12.6. The topological polar surface area (TPSA) is 60.3 Å². The first-order valence-corrected chi connectivity index (χ1v) is 7.10. The molecule has 1 N–H and O–H groups in total. The van der Waals surface area contributed by atoms with Gasteiger partial charge in [-0.1, -0.05) is 0 Å². The highest BCUT2D eigenvalue weighted by Gasteiger charge is 2.23. The molecule has 0 saturated carbocycles. The summed E-state index contributed by atoms with van der Waals surface area (Å²) in [4.78, 5) is 23.1. The van der Waals surface area contributed by atoms with Gasteiger partial charge in [0.05, 0.1) is 6.04 Å². The zero-order chi connectivity index (χ0) is 14.0. The van der Waals surface area contributed by atoms with Gasteiger partial charge >= 0.3 is 5.97 Å². The lowest BCUT2D eigenvalue weighted by molar-refractivity contribution is -0.119. The van der Waals surface area contributed by atoms with Gasteiger partial charge in [0.1, 0.15) is 12.3 Å². The Bertz CT molecular complexity index is 496. The molecule has 0 aliphatic carbocycles. The van der Waals surface area contributed by atoms with Crippen LogP contribution in [0.1, 0.15) is 43.2 Å². The maximum atomic E-state index is 12.0. The summed E-state index contributed by atoms with van der Waals surface area (Å²) in [6, 6.07) is 1.87. The van der Waals surface area contributed by atoms with Crippen LogP contribution < -0.4 is 5.32 Å². The summed E-state index contributed by atoms with van der Waals surface area (Å²) in [5.74, 6) is -0.338. The predicted molar refractivity (Wildman–Crippen MR) is 74.0 cm³/mol. The van der Waals surface area contributed by atoms with Gasteiger partial charge in [-0.05, 0) is 42.3 Å². The van der Waals surface area contributed by atoms with Crippen LogP contribution in [0.5, 0.6) is 0 Å². The van der Waals surface area contributed by atoms with Crippen molar-refractivity contribution in [3.05, 3.63) is 22.4 Å². The molecule has 0 aromatic carbocycles. The quantitative estimate of drug-likeness (QED) is 0.862. The Balaban J connectivity index is 1.98. The molecule has 1 fully saturated rings. The Hall–Kier alpha value is -1.30. The number of aromatic nitrogens is 1. The Labute approximate surface area is 120 Å². The number of nitrogens with zero attached hydrogens (tertiary/aromatic N) is 1. The van der Waals surface area contributed by atoms with Crippen molar-refractivity contribution >= 4 is 27.8 Å². The number of nitrogens with one attached hydrogen (secondary N) is 1. The SMILES string of the molecule is CC(C)n1cc(Br)cc1C(=O)OC[C@@H]1CCC(=O)N1. The van der Waals surface area contributed by atoms with E-state index in [-0.39, 0.29) is 30.6 Å². The van der Waals surface area contributed by atoms with E-state index in [0.29, 0.717) is 12.1 Å². The first kappa shape index (κ1) is 14.1. The third-order valence-electron chi connectivity index (χ3n) is 3.08. The lowest BCUT2D eigenvalue weighted by Gasteiger charge is -2.14. The molecule has 1 aromatic heterocycles. The van der Waals surface area contributed by atoms with Crippen LogP contribution in [-0.2, 0) is 9.53 Å². The van der Waals surface area contributed by atoms with E-state index in [1.165, 1.54) is 0 Å². The molecule has 1 aliphatic heterocycles. The van der Waals surface area contributed by atoms with Crippen LogP contribution in [0.25, 0.3) is 0 Å². The number of hydrogen-bond acceptors (Lipinski definition) is 3. The van der Waals surface area contributed by atoms with Gasteiger partial charge in [-0.3, -0.25) is 4.79 Å². The van der Waals surface area contributed by atoms with Crippen molar-refractivity contribution in [2.24, 2.45) is 0 Å². The van der Waals surface area contributed by atoms with Crippen LogP contribution in [0.3, 0.4) is 0 Å². The van der Waals surface area contributed by atoms with Crippen LogP contribution in [0.4, 0.5) is 0 Å². The zero-order valence-electron chi connectivity index (χ0n) is 11.0. The molecule has 0 bridgehead atoms. The third kappa shape index (κ3) is 3.37. The van der Waals surface area contributed by atoms with Crippen molar-refractivity contribution in [2.75, 3.05) is 6.61 Å². The van der Waals surface area contributed by atoms with Crippen molar-refractivity contribution in [1.82, 2.24) is 9.88 Å². The highest BCUT2D eigenvalue weighted by Crippen LogP contribution is 2.20. The van der Waals surface area contributed by atoms with Gasteiger partial charge in [0.25, 0.3) is 0 Å². The van der Waals surface area contributed by atoms with E-state index in [4.69, 9.17) is 4.74 Å². The number of carbonyl (C=O) groups excluding carboxylic acids is 2. The van der Waals surface area contributed by atoms with Crippen molar-refractivity contribution in [1.29, 1.82) is 0 Å². The summed E-state index contributed by atoms with van der Waals surface area (Å²) >= 11 is 3.36. The lowest BCUT2D eigenvalue weighted by Crippen LogP contribution is -2.31. The maximum Gasteiger partial charge on any atom is 0.355 e. The van der Waals surface area contributed by atoms with E-state index >= 15 is 0 Å². The second-order valence-electron chi connectivity index (χ2n) is 4.95. The molecular weight excluding hydrogens is 312 g/mol. The highest BCUT2D eigenvalue weighted by atomic mass is 79.9. The van der Waals surface area contributed by atoms with E-state index < -0.39 is 0 Å². The molecular formula is C13H17BrN2O3. The highest BCUT2D eigenvalue weighted by molar-refractivity contribution is 9.10. The van der Waals surface area contributed by atoms with E-state index in [9.17, 15) is 9.59 Å². The standard InChI is InChI=1S/C13H17BrN2O3/c1-8(2)16-6-9(14)5-11(16)13(18)19-7-10-3-4-12(17)15-10/h5-6,8,10H,3-4,7H2,1-2H3,(H,15,17)/t10-/m0/s1. The van der Waals surface area contributed by atoms with E-state index in [2.05, 4.69) is 21.2 Å². The van der Waals surface area contributed by atoms with Crippen molar-refractivity contribution in [2.45, 2.75) is 38.8 Å². The minimum Gasteiger partial charge on any atom is -0.459 e. The Morgan fingerprint density at radius 2 is 2.37 bits per heavy atom. The molecule has 2 heterocycles. The number of hydrogen-bond donors (Lipinski definition) is 1. The molecule has 0 unspecified atom stereocenters. The molecule has 1 aliphatic rings. The molecule has 6 heteroatoms. The normalized spacial score (nSPS) is 18.7. The maximum absolute atomic E-state index is 12.0. The molecule has 1 amide bonds. The number of rotatable bonds is 4. The average molecular weight is 329 g/mol. The lowest BCUT2D eigenvalue weighted by atomic mass is 10.2. The number of halogens is 1. The Morgan fingerprint density at radius 3 is 2.95 bits per heavy atom. The van der Waals surface area contributed by atoms with Gasteiger partial charge in [0, 0.05) is 23.1 Å². The second kappa shape index (κ2) is 5.77. The molecule has 104 valence electrons. The molecule has 0 spiro atoms. The van der Waals surface area contributed by atoms with Crippen molar-refractivity contribution in [3.63, 3.8) is 0 Å². The van der Waals surface area contributed by atoms with Crippen LogP contribution >= 0.6 is 15.9 Å². The van der Waals surface area contributed by atoms with E-state index in [0.717, 1.165) is 10.9 Å². The van der Waals surface area contributed by atoms with Crippen molar-refractivity contribution in [3.8, 4) is 0 Å². The molecule has 1 atom stereocenters. The van der Waals surface area contributed by atoms with Gasteiger partial charge < -0.3 is 14.6 Å².